The number of hydrogen-bond acceptors (Lipinski definition) is 4. The molecule has 0 aliphatic carbocycles. The summed E-state index contributed by atoms with van der Waals surface area (Å²) in [5, 5.41) is 11.4. The third-order valence-electron chi connectivity index (χ3n) is 4.56. The molecular weight excluding hydrogens is 364 g/mol. The number of Topliss-reactive ketones (excluding diaryl/α,β-unsaturated/α-hetero) is 1. The maximum Gasteiger partial charge on any atom is 0.295 e. The summed E-state index contributed by atoms with van der Waals surface area (Å²) in [5.74, 6) is -1.44. The third-order valence-corrected chi connectivity index (χ3v) is 4.81. The molecule has 1 fully saturated rings. The summed E-state index contributed by atoms with van der Waals surface area (Å²) in [7, 11) is 3.80. The molecule has 0 radical (unpaired) electrons. The largest absolute Gasteiger partial charge is 0.507 e. The van der Waals surface area contributed by atoms with Gasteiger partial charge in [0.1, 0.15) is 5.76 Å². The van der Waals surface area contributed by atoms with Crippen LogP contribution in [0, 0.1) is 0 Å². The van der Waals surface area contributed by atoms with Gasteiger partial charge in [-0.15, -0.1) is 0 Å². The standard InChI is InChI=1S/C21H21ClN2O3/c1-23(2)12-13-24-18(14-8-10-16(22)11-9-14)17(20(26)21(24)27)19(25)15-6-4-3-5-7-15/h3-11,18,25H,12-13H2,1-2H3/b19-17+/t18-/m0/s1. The van der Waals surface area contributed by atoms with Gasteiger partial charge in [0.25, 0.3) is 11.7 Å². The molecular formula is C21H21ClN2O3. The maximum atomic E-state index is 12.8. The van der Waals surface area contributed by atoms with Gasteiger partial charge in [-0.25, -0.2) is 0 Å². The minimum atomic E-state index is -0.671. The van der Waals surface area contributed by atoms with Crippen LogP contribution >= 0.6 is 11.6 Å². The number of nitrogens with zero attached hydrogens (tertiary/aromatic N) is 2. The van der Waals surface area contributed by atoms with Crippen molar-refractivity contribution in [2.24, 2.45) is 0 Å². The zero-order valence-corrected chi connectivity index (χ0v) is 16.0. The van der Waals surface area contributed by atoms with Gasteiger partial charge < -0.3 is 14.9 Å². The molecule has 0 aromatic heterocycles. The molecule has 5 nitrogen and oxygen atoms in total. The van der Waals surface area contributed by atoms with Crippen molar-refractivity contribution in [1.29, 1.82) is 0 Å². The van der Waals surface area contributed by atoms with Crippen molar-refractivity contribution < 1.29 is 14.7 Å². The van der Waals surface area contributed by atoms with E-state index in [0.29, 0.717) is 23.7 Å². The SMILES string of the molecule is CN(C)CCN1C(=O)C(=O)/C(=C(/O)c2ccccc2)[C@@H]1c1ccc(Cl)cc1. The van der Waals surface area contributed by atoms with Gasteiger partial charge in [0.05, 0.1) is 11.6 Å². The molecule has 2 aromatic carbocycles. The highest BCUT2D eigenvalue weighted by atomic mass is 35.5. The number of carbonyl (C=O) groups is 2. The number of aliphatic hydroxyl groups excluding tert-OH is 1. The molecule has 2 aromatic rings. The van der Waals surface area contributed by atoms with E-state index in [1.54, 1.807) is 48.5 Å². The summed E-state index contributed by atoms with van der Waals surface area (Å²) in [6.07, 6.45) is 0. The normalized spacial score (nSPS) is 19.1. The lowest BCUT2D eigenvalue weighted by molar-refractivity contribution is -0.140. The summed E-state index contributed by atoms with van der Waals surface area (Å²) < 4.78 is 0. The van der Waals surface area contributed by atoms with E-state index in [4.69, 9.17) is 11.6 Å². The topological polar surface area (TPSA) is 60.9 Å². The molecule has 0 bridgehead atoms. The summed E-state index contributed by atoms with van der Waals surface area (Å²) >= 11 is 5.99. The van der Waals surface area contributed by atoms with Crippen LogP contribution in [0.3, 0.4) is 0 Å². The fraction of sp³-hybridized carbons (Fsp3) is 0.238. The molecule has 1 N–H and O–H groups in total. The van der Waals surface area contributed by atoms with Crippen LogP contribution in [0.1, 0.15) is 17.2 Å². The highest BCUT2D eigenvalue weighted by Crippen LogP contribution is 2.39. The number of aliphatic hydroxyl groups is 1. The molecule has 1 heterocycles. The summed E-state index contributed by atoms with van der Waals surface area (Å²) in [4.78, 5) is 28.9. The molecule has 140 valence electrons. The average Bonchev–Trinajstić information content (AvgIpc) is 2.91. The van der Waals surface area contributed by atoms with Gasteiger partial charge in [0.15, 0.2) is 0 Å². The predicted molar refractivity (Wildman–Crippen MR) is 105 cm³/mol. The molecule has 1 aliphatic rings. The molecule has 27 heavy (non-hydrogen) atoms. The predicted octanol–water partition coefficient (Wildman–Crippen LogP) is 3.32. The van der Waals surface area contributed by atoms with Gasteiger partial charge in [0.2, 0.25) is 0 Å². The van der Waals surface area contributed by atoms with Crippen LogP contribution in [0.25, 0.3) is 5.76 Å². The molecule has 0 spiro atoms. The quantitative estimate of drug-likeness (QED) is 0.488. The van der Waals surface area contributed by atoms with Crippen LogP contribution in [-0.4, -0.2) is 53.8 Å². The Morgan fingerprint density at radius 1 is 1.07 bits per heavy atom. The summed E-state index contributed by atoms with van der Waals surface area (Å²) in [6, 6.07) is 15.1. The van der Waals surface area contributed by atoms with Crippen LogP contribution in [0.15, 0.2) is 60.2 Å². The second-order valence-electron chi connectivity index (χ2n) is 6.71. The van der Waals surface area contributed by atoms with Crippen LogP contribution < -0.4 is 0 Å². The zero-order chi connectivity index (χ0) is 19.6. The average molecular weight is 385 g/mol. The minimum absolute atomic E-state index is 0.104. The van der Waals surface area contributed by atoms with Crippen molar-refractivity contribution in [3.63, 3.8) is 0 Å². The summed E-state index contributed by atoms with van der Waals surface area (Å²) in [5.41, 5.74) is 1.34. The molecule has 1 atom stereocenters. The van der Waals surface area contributed by atoms with Crippen molar-refractivity contribution in [1.82, 2.24) is 9.80 Å². The number of likely N-dealkylation sites (N-methyl/N-ethyl adjacent to an activating group) is 1. The number of likely N-dealkylation sites (tertiary alicyclic amines) is 1. The molecule has 0 unspecified atom stereocenters. The van der Waals surface area contributed by atoms with Crippen molar-refractivity contribution >= 4 is 29.1 Å². The van der Waals surface area contributed by atoms with Gasteiger partial charge in [-0.05, 0) is 31.8 Å². The Labute approximate surface area is 163 Å². The molecule has 1 saturated heterocycles. The van der Waals surface area contributed by atoms with Gasteiger partial charge >= 0.3 is 0 Å². The third kappa shape index (κ3) is 3.89. The first-order valence-corrected chi connectivity index (χ1v) is 9.02. The monoisotopic (exact) mass is 384 g/mol. The van der Waals surface area contributed by atoms with Gasteiger partial charge in [-0.2, -0.15) is 0 Å². The first-order valence-electron chi connectivity index (χ1n) is 8.64. The maximum absolute atomic E-state index is 12.8. The van der Waals surface area contributed by atoms with E-state index >= 15 is 0 Å². The van der Waals surface area contributed by atoms with E-state index in [2.05, 4.69) is 0 Å². The van der Waals surface area contributed by atoms with Gasteiger partial charge in [0, 0.05) is 23.7 Å². The van der Waals surface area contributed by atoms with E-state index in [0.717, 1.165) is 5.56 Å². The second kappa shape index (κ2) is 7.94. The first-order chi connectivity index (χ1) is 12.9. The lowest BCUT2D eigenvalue weighted by Crippen LogP contribution is -2.35. The second-order valence-corrected chi connectivity index (χ2v) is 7.15. The number of ketones is 1. The van der Waals surface area contributed by atoms with Crippen LogP contribution in [0.4, 0.5) is 0 Å². The van der Waals surface area contributed by atoms with Gasteiger partial charge in [-0.3, -0.25) is 9.59 Å². The van der Waals surface area contributed by atoms with E-state index in [1.165, 1.54) is 4.90 Å². The fourth-order valence-corrected chi connectivity index (χ4v) is 3.29. The highest BCUT2D eigenvalue weighted by molar-refractivity contribution is 6.46. The minimum Gasteiger partial charge on any atom is -0.507 e. The Kier molecular flexibility index (Phi) is 5.63. The Bertz CT molecular complexity index is 876. The fourth-order valence-electron chi connectivity index (χ4n) is 3.16. The number of rotatable bonds is 5. The number of hydrogen-bond donors (Lipinski definition) is 1. The smallest absolute Gasteiger partial charge is 0.295 e. The molecule has 6 heteroatoms. The van der Waals surface area contributed by atoms with Gasteiger partial charge in [-0.1, -0.05) is 54.1 Å². The van der Waals surface area contributed by atoms with Crippen LogP contribution in [0.2, 0.25) is 5.02 Å². The van der Waals surface area contributed by atoms with Crippen molar-refractivity contribution in [3.05, 3.63) is 76.3 Å². The first kappa shape index (κ1) is 19.1. The molecule has 1 aliphatic heterocycles. The van der Waals surface area contributed by atoms with Crippen molar-refractivity contribution in [2.45, 2.75) is 6.04 Å². The van der Waals surface area contributed by atoms with E-state index in [1.807, 2.05) is 25.1 Å². The Morgan fingerprint density at radius 3 is 2.30 bits per heavy atom. The zero-order valence-electron chi connectivity index (χ0n) is 15.2. The number of halogens is 1. The van der Waals surface area contributed by atoms with Crippen molar-refractivity contribution in [3.8, 4) is 0 Å². The molecule has 0 saturated carbocycles. The lowest BCUT2D eigenvalue weighted by Gasteiger charge is -2.26. The lowest BCUT2D eigenvalue weighted by atomic mass is 9.95. The van der Waals surface area contributed by atoms with Crippen LogP contribution in [-0.2, 0) is 9.59 Å². The number of amides is 1. The molecule has 1 amide bonds. The molecule has 3 rings (SSSR count). The Hall–Kier alpha value is -2.63. The van der Waals surface area contributed by atoms with E-state index in [9.17, 15) is 14.7 Å². The van der Waals surface area contributed by atoms with E-state index in [-0.39, 0.29) is 11.3 Å². The van der Waals surface area contributed by atoms with Crippen molar-refractivity contribution in [2.75, 3.05) is 27.2 Å². The number of benzene rings is 2. The van der Waals surface area contributed by atoms with E-state index < -0.39 is 17.7 Å². The number of carbonyl (C=O) groups excluding carboxylic acids is 2. The highest BCUT2D eigenvalue weighted by Gasteiger charge is 2.45. The Morgan fingerprint density at radius 2 is 1.70 bits per heavy atom. The van der Waals surface area contributed by atoms with Crippen LogP contribution in [0.5, 0.6) is 0 Å². The summed E-state index contributed by atoms with van der Waals surface area (Å²) in [6.45, 7) is 0.971. The Balaban J connectivity index is 2.13.